The predicted octanol–water partition coefficient (Wildman–Crippen LogP) is 3.78. The first-order valence-electron chi connectivity index (χ1n) is 6.27. The van der Waals surface area contributed by atoms with E-state index in [9.17, 15) is 5.11 Å². The fraction of sp³-hybridized carbons (Fsp3) is 0.250. The molecule has 0 spiro atoms. The molecule has 0 saturated carbocycles. The van der Waals surface area contributed by atoms with Gasteiger partial charge in [0.05, 0.1) is 6.10 Å². The third-order valence-corrected chi connectivity index (χ3v) is 3.97. The zero-order chi connectivity index (χ0) is 12.5. The van der Waals surface area contributed by atoms with Crippen molar-refractivity contribution < 1.29 is 5.11 Å². The van der Waals surface area contributed by atoms with Crippen LogP contribution in [0.15, 0.2) is 48.5 Å². The van der Waals surface area contributed by atoms with E-state index in [-0.39, 0.29) is 12.0 Å². The highest BCUT2D eigenvalue weighted by molar-refractivity contribution is 6.30. The van der Waals surface area contributed by atoms with Gasteiger partial charge in [-0.2, -0.15) is 0 Å². The lowest BCUT2D eigenvalue weighted by Crippen LogP contribution is -2.26. The second kappa shape index (κ2) is 4.75. The zero-order valence-electron chi connectivity index (χ0n) is 10.0. The molecule has 0 radical (unpaired) electrons. The fourth-order valence-corrected chi connectivity index (χ4v) is 2.94. The molecule has 1 N–H and O–H groups in total. The Morgan fingerprint density at radius 1 is 1.00 bits per heavy atom. The van der Waals surface area contributed by atoms with Crippen LogP contribution in [0.1, 0.15) is 29.0 Å². The van der Waals surface area contributed by atoms with E-state index < -0.39 is 0 Å². The first-order valence-corrected chi connectivity index (χ1v) is 6.65. The number of hydrogen-bond donors (Lipinski definition) is 1. The highest BCUT2D eigenvalue weighted by atomic mass is 35.5. The second-order valence-electron chi connectivity index (χ2n) is 4.83. The molecular formula is C16H15ClO. The molecule has 0 unspecified atom stereocenters. The summed E-state index contributed by atoms with van der Waals surface area (Å²) in [5, 5.41) is 11.0. The van der Waals surface area contributed by atoms with Gasteiger partial charge in [-0.05, 0) is 41.7 Å². The molecule has 2 heteroatoms. The molecule has 1 aliphatic carbocycles. The summed E-state index contributed by atoms with van der Waals surface area (Å²) >= 11 is 5.92. The molecule has 0 saturated heterocycles. The van der Waals surface area contributed by atoms with Gasteiger partial charge in [-0.1, -0.05) is 48.0 Å². The van der Waals surface area contributed by atoms with Crippen molar-refractivity contribution in [3.05, 3.63) is 70.2 Å². The summed E-state index contributed by atoms with van der Waals surface area (Å²) in [6.07, 6.45) is 1.48. The molecule has 0 amide bonds. The van der Waals surface area contributed by atoms with E-state index in [0.717, 1.165) is 23.4 Å². The number of aliphatic hydroxyl groups excluding tert-OH is 1. The second-order valence-corrected chi connectivity index (χ2v) is 5.27. The topological polar surface area (TPSA) is 20.2 Å². The highest BCUT2D eigenvalue weighted by Gasteiger charge is 2.28. The van der Waals surface area contributed by atoms with Gasteiger partial charge in [0.15, 0.2) is 0 Å². The summed E-state index contributed by atoms with van der Waals surface area (Å²) in [5.41, 5.74) is 3.74. The van der Waals surface area contributed by atoms with Gasteiger partial charge in [-0.15, -0.1) is 0 Å². The van der Waals surface area contributed by atoms with E-state index in [1.165, 1.54) is 11.1 Å². The fourth-order valence-electron chi connectivity index (χ4n) is 2.81. The van der Waals surface area contributed by atoms with Crippen LogP contribution in [0.5, 0.6) is 0 Å². The van der Waals surface area contributed by atoms with Gasteiger partial charge in [0.25, 0.3) is 0 Å². The van der Waals surface area contributed by atoms with Crippen molar-refractivity contribution in [1.29, 1.82) is 0 Å². The maximum Gasteiger partial charge on any atom is 0.0652 e. The highest BCUT2D eigenvalue weighted by Crippen LogP contribution is 2.37. The van der Waals surface area contributed by atoms with Crippen LogP contribution in [0.25, 0.3) is 0 Å². The smallest absolute Gasteiger partial charge is 0.0652 e. The third-order valence-electron chi connectivity index (χ3n) is 3.71. The van der Waals surface area contributed by atoms with Crippen molar-refractivity contribution >= 4 is 11.6 Å². The molecule has 2 atom stereocenters. The summed E-state index contributed by atoms with van der Waals surface area (Å²) < 4.78 is 0. The van der Waals surface area contributed by atoms with E-state index in [1.54, 1.807) is 0 Å². The van der Waals surface area contributed by atoms with E-state index >= 15 is 0 Å². The maximum absolute atomic E-state index is 10.3. The van der Waals surface area contributed by atoms with Crippen LogP contribution in [0, 0.1) is 0 Å². The minimum absolute atomic E-state index is 0.0761. The van der Waals surface area contributed by atoms with Crippen LogP contribution in [-0.2, 0) is 6.42 Å². The van der Waals surface area contributed by atoms with Crippen molar-refractivity contribution in [2.75, 3.05) is 0 Å². The summed E-state index contributed by atoms with van der Waals surface area (Å²) in [6.45, 7) is 0. The summed E-state index contributed by atoms with van der Waals surface area (Å²) in [4.78, 5) is 0. The Kier molecular flexibility index (Phi) is 3.11. The van der Waals surface area contributed by atoms with Gasteiger partial charge in [0, 0.05) is 10.9 Å². The lowest BCUT2D eigenvalue weighted by atomic mass is 9.77. The van der Waals surface area contributed by atoms with Crippen molar-refractivity contribution in [3.63, 3.8) is 0 Å². The van der Waals surface area contributed by atoms with E-state index in [4.69, 9.17) is 11.6 Å². The van der Waals surface area contributed by atoms with Crippen LogP contribution in [0.3, 0.4) is 0 Å². The first-order chi connectivity index (χ1) is 8.75. The van der Waals surface area contributed by atoms with Crippen LogP contribution >= 0.6 is 11.6 Å². The Morgan fingerprint density at radius 3 is 2.50 bits per heavy atom. The van der Waals surface area contributed by atoms with Crippen molar-refractivity contribution in [2.45, 2.75) is 24.9 Å². The number of benzene rings is 2. The molecule has 2 aromatic rings. The van der Waals surface area contributed by atoms with Crippen molar-refractivity contribution in [3.8, 4) is 0 Å². The Bertz CT molecular complexity index is 547. The van der Waals surface area contributed by atoms with Gasteiger partial charge < -0.3 is 5.11 Å². The summed E-state index contributed by atoms with van der Waals surface area (Å²) in [6, 6.07) is 16.2. The summed E-state index contributed by atoms with van der Waals surface area (Å²) in [7, 11) is 0. The maximum atomic E-state index is 10.3. The Balaban J connectivity index is 2.07. The van der Waals surface area contributed by atoms with E-state index in [1.807, 2.05) is 30.3 Å². The molecule has 0 aliphatic heterocycles. The van der Waals surface area contributed by atoms with Crippen molar-refractivity contribution in [1.82, 2.24) is 0 Å². The lowest BCUT2D eigenvalue weighted by Gasteiger charge is -2.30. The SMILES string of the molecule is O[C@H]1CCc2ccccc2[C@H]1c1ccc(Cl)cc1. The number of halogens is 1. The predicted molar refractivity (Wildman–Crippen MR) is 74.1 cm³/mol. The molecule has 1 nitrogen and oxygen atoms in total. The third kappa shape index (κ3) is 2.05. The molecule has 0 aromatic heterocycles. The molecule has 18 heavy (non-hydrogen) atoms. The Labute approximate surface area is 112 Å². The van der Waals surface area contributed by atoms with Crippen LogP contribution in [0.4, 0.5) is 0 Å². The largest absolute Gasteiger partial charge is 0.392 e. The Hall–Kier alpha value is -1.31. The van der Waals surface area contributed by atoms with Gasteiger partial charge >= 0.3 is 0 Å². The quantitative estimate of drug-likeness (QED) is 0.825. The molecule has 2 aromatic carbocycles. The van der Waals surface area contributed by atoms with Gasteiger partial charge in [0.2, 0.25) is 0 Å². The van der Waals surface area contributed by atoms with E-state index in [0.29, 0.717) is 0 Å². The minimum atomic E-state index is -0.305. The molecule has 92 valence electrons. The van der Waals surface area contributed by atoms with Gasteiger partial charge in [-0.3, -0.25) is 0 Å². The molecular weight excluding hydrogens is 244 g/mol. The van der Waals surface area contributed by atoms with Gasteiger partial charge in [0.1, 0.15) is 0 Å². The number of fused-ring (bicyclic) bond motifs is 1. The minimum Gasteiger partial charge on any atom is -0.392 e. The zero-order valence-corrected chi connectivity index (χ0v) is 10.8. The number of hydrogen-bond acceptors (Lipinski definition) is 1. The molecule has 3 rings (SSSR count). The van der Waals surface area contributed by atoms with Crippen LogP contribution in [-0.4, -0.2) is 11.2 Å². The molecule has 1 aliphatic rings. The number of aliphatic hydroxyl groups is 1. The molecule has 0 heterocycles. The molecule has 0 fully saturated rings. The normalized spacial score (nSPS) is 22.6. The average Bonchev–Trinajstić information content (AvgIpc) is 2.40. The van der Waals surface area contributed by atoms with Gasteiger partial charge in [-0.25, -0.2) is 0 Å². The van der Waals surface area contributed by atoms with Crippen LogP contribution in [0.2, 0.25) is 5.02 Å². The van der Waals surface area contributed by atoms with Crippen LogP contribution < -0.4 is 0 Å². The first kappa shape index (κ1) is 11.8. The number of aryl methyl sites for hydroxylation is 1. The standard InChI is InChI=1S/C16H15ClO/c17-13-8-5-12(6-9-13)16-14-4-2-1-3-11(14)7-10-15(16)18/h1-6,8-9,15-16,18H,7,10H2/t15-,16+/m0/s1. The van der Waals surface area contributed by atoms with E-state index in [2.05, 4.69) is 18.2 Å². The molecule has 0 bridgehead atoms. The Morgan fingerprint density at radius 2 is 1.72 bits per heavy atom. The summed E-state index contributed by atoms with van der Waals surface area (Å²) in [5.74, 6) is 0.0761. The lowest BCUT2D eigenvalue weighted by molar-refractivity contribution is 0.140. The van der Waals surface area contributed by atoms with Crippen molar-refractivity contribution in [2.24, 2.45) is 0 Å². The number of rotatable bonds is 1. The average molecular weight is 259 g/mol. The monoisotopic (exact) mass is 258 g/mol.